The molecule has 0 aliphatic carbocycles. The summed E-state index contributed by atoms with van der Waals surface area (Å²) in [5, 5.41) is 3.57. The van der Waals surface area contributed by atoms with Crippen molar-refractivity contribution in [2.75, 3.05) is 0 Å². The summed E-state index contributed by atoms with van der Waals surface area (Å²) in [6.45, 7) is -0.420. The largest absolute Gasteiger partial charge is 0.421 e. The van der Waals surface area contributed by atoms with Crippen LogP contribution in [0.1, 0.15) is 17.0 Å². The molecule has 0 aliphatic rings. The average molecular weight is 389 g/mol. The highest BCUT2D eigenvalue weighted by molar-refractivity contribution is 5.54. The second-order valence-electron chi connectivity index (χ2n) is 5.44. The Hall–Kier alpha value is -3.11. The first-order valence-corrected chi connectivity index (χ1v) is 7.32. The van der Waals surface area contributed by atoms with Gasteiger partial charge in [0, 0.05) is 11.8 Å². The quantitative estimate of drug-likeness (QED) is 0.636. The molecule has 0 fully saturated rings. The highest BCUT2D eigenvalue weighted by atomic mass is 19.4. The number of hydrogen-bond donors (Lipinski definition) is 0. The third-order valence-electron chi connectivity index (χ3n) is 3.57. The Morgan fingerprint density at radius 2 is 1.63 bits per heavy atom. The Kier molecular flexibility index (Phi) is 4.54. The monoisotopic (exact) mass is 389 g/mol. The summed E-state index contributed by atoms with van der Waals surface area (Å²) < 4.78 is 81.6. The van der Waals surface area contributed by atoms with E-state index < -0.39 is 35.6 Å². The van der Waals surface area contributed by atoms with Gasteiger partial charge in [-0.3, -0.25) is 4.79 Å². The number of alkyl halides is 6. The second-order valence-corrected chi connectivity index (χ2v) is 5.44. The zero-order valence-electron chi connectivity index (χ0n) is 13.2. The fourth-order valence-electron chi connectivity index (χ4n) is 2.27. The van der Waals surface area contributed by atoms with E-state index >= 15 is 0 Å². The van der Waals surface area contributed by atoms with E-state index in [1.165, 1.54) is 0 Å². The van der Waals surface area contributed by atoms with Crippen molar-refractivity contribution >= 4 is 0 Å². The van der Waals surface area contributed by atoms with Gasteiger partial charge in [-0.1, -0.05) is 17.3 Å². The first-order chi connectivity index (χ1) is 12.6. The lowest BCUT2D eigenvalue weighted by Crippen LogP contribution is -2.28. The summed E-state index contributed by atoms with van der Waals surface area (Å²) in [7, 11) is 0. The topological polar surface area (TPSA) is 60.9 Å². The van der Waals surface area contributed by atoms with Gasteiger partial charge in [-0.25, -0.2) is 0 Å². The Morgan fingerprint density at radius 1 is 0.963 bits per heavy atom. The van der Waals surface area contributed by atoms with Crippen molar-refractivity contribution in [3.8, 4) is 11.4 Å². The molecule has 2 aromatic heterocycles. The minimum Gasteiger partial charge on any atom is -0.337 e. The number of aromatic nitrogens is 3. The van der Waals surface area contributed by atoms with Crippen molar-refractivity contribution < 1.29 is 30.9 Å². The molecular weight excluding hydrogens is 380 g/mol. The van der Waals surface area contributed by atoms with E-state index in [0.29, 0.717) is 6.07 Å². The first kappa shape index (κ1) is 18.7. The van der Waals surface area contributed by atoms with Gasteiger partial charge in [-0.2, -0.15) is 31.3 Å². The van der Waals surface area contributed by atoms with Gasteiger partial charge in [-0.15, -0.1) is 0 Å². The summed E-state index contributed by atoms with van der Waals surface area (Å²) in [6.07, 6.45) is -8.18. The lowest BCUT2D eigenvalue weighted by atomic mass is 10.1. The van der Waals surface area contributed by atoms with Gasteiger partial charge in [0.05, 0.1) is 5.56 Å². The van der Waals surface area contributed by atoms with Gasteiger partial charge in [0.2, 0.25) is 11.7 Å². The van der Waals surface area contributed by atoms with Crippen LogP contribution in [0.4, 0.5) is 26.3 Å². The van der Waals surface area contributed by atoms with Crippen molar-refractivity contribution in [3.05, 3.63) is 70.0 Å². The van der Waals surface area contributed by atoms with Crippen LogP contribution in [0.15, 0.2) is 51.9 Å². The molecule has 11 heteroatoms. The number of halogens is 6. The predicted molar refractivity (Wildman–Crippen MR) is 79.5 cm³/mol. The SMILES string of the molecule is O=c1c(C(F)(F)F)cccn1Cc1nc(-c2ccc(C(F)(F)F)cc2)no1. The van der Waals surface area contributed by atoms with Gasteiger partial charge >= 0.3 is 12.4 Å². The zero-order chi connectivity index (χ0) is 19.8. The third-order valence-corrected chi connectivity index (χ3v) is 3.57. The van der Waals surface area contributed by atoms with Gasteiger partial charge < -0.3 is 9.09 Å². The fourth-order valence-corrected chi connectivity index (χ4v) is 2.27. The molecule has 3 aromatic rings. The second kappa shape index (κ2) is 6.56. The number of rotatable bonds is 3. The third kappa shape index (κ3) is 4.01. The van der Waals surface area contributed by atoms with Gasteiger partial charge in [-0.05, 0) is 24.3 Å². The molecule has 3 rings (SSSR count). The van der Waals surface area contributed by atoms with Gasteiger partial charge in [0.15, 0.2) is 0 Å². The molecule has 27 heavy (non-hydrogen) atoms. The molecule has 0 spiro atoms. The minimum atomic E-state index is -4.81. The van der Waals surface area contributed by atoms with Crippen molar-refractivity contribution in [2.45, 2.75) is 18.9 Å². The molecule has 0 amide bonds. The van der Waals surface area contributed by atoms with Crippen LogP contribution in [-0.2, 0) is 18.9 Å². The summed E-state index contributed by atoms with van der Waals surface area (Å²) in [6, 6.07) is 5.64. The summed E-state index contributed by atoms with van der Waals surface area (Å²) in [4.78, 5) is 15.8. The highest BCUT2D eigenvalue weighted by Crippen LogP contribution is 2.30. The van der Waals surface area contributed by atoms with Crippen LogP contribution >= 0.6 is 0 Å². The summed E-state index contributed by atoms with van der Waals surface area (Å²) >= 11 is 0. The molecule has 0 atom stereocenters. The molecule has 2 heterocycles. The van der Waals surface area contributed by atoms with E-state index in [0.717, 1.165) is 41.1 Å². The van der Waals surface area contributed by atoms with Crippen molar-refractivity contribution in [1.82, 2.24) is 14.7 Å². The van der Waals surface area contributed by atoms with Crippen molar-refractivity contribution in [2.24, 2.45) is 0 Å². The maximum Gasteiger partial charge on any atom is 0.421 e. The highest BCUT2D eigenvalue weighted by Gasteiger charge is 2.34. The van der Waals surface area contributed by atoms with Crippen LogP contribution in [-0.4, -0.2) is 14.7 Å². The van der Waals surface area contributed by atoms with E-state index in [2.05, 4.69) is 10.1 Å². The van der Waals surface area contributed by atoms with Crippen LogP contribution < -0.4 is 5.56 Å². The molecular formula is C16H9F6N3O2. The fraction of sp³-hybridized carbons (Fsp3) is 0.188. The predicted octanol–water partition coefficient (Wildman–Crippen LogP) is 3.98. The molecule has 0 aliphatic heterocycles. The Bertz CT molecular complexity index is 1000. The average Bonchev–Trinajstić information content (AvgIpc) is 3.03. The van der Waals surface area contributed by atoms with Gasteiger partial charge in [0.1, 0.15) is 12.1 Å². The molecule has 0 radical (unpaired) electrons. The molecule has 1 aromatic carbocycles. The van der Waals surface area contributed by atoms with Crippen LogP contribution in [0.2, 0.25) is 0 Å². The molecule has 0 saturated heterocycles. The van der Waals surface area contributed by atoms with E-state index in [-0.39, 0.29) is 17.3 Å². The molecule has 142 valence electrons. The van der Waals surface area contributed by atoms with Crippen LogP contribution in [0.3, 0.4) is 0 Å². The summed E-state index contributed by atoms with van der Waals surface area (Å²) in [5.74, 6) is -0.231. The van der Waals surface area contributed by atoms with Crippen LogP contribution in [0.5, 0.6) is 0 Å². The Labute approximate surface area is 146 Å². The molecule has 0 saturated carbocycles. The Balaban J connectivity index is 1.84. The minimum absolute atomic E-state index is 0.0567. The molecule has 5 nitrogen and oxygen atoms in total. The van der Waals surface area contributed by atoms with E-state index in [4.69, 9.17) is 4.52 Å². The smallest absolute Gasteiger partial charge is 0.337 e. The number of pyridine rings is 1. The molecule has 0 bridgehead atoms. The zero-order valence-corrected chi connectivity index (χ0v) is 13.2. The molecule has 0 unspecified atom stereocenters. The first-order valence-electron chi connectivity index (χ1n) is 7.32. The van der Waals surface area contributed by atoms with E-state index in [1.807, 2.05) is 0 Å². The van der Waals surface area contributed by atoms with E-state index in [1.54, 1.807) is 0 Å². The van der Waals surface area contributed by atoms with Crippen molar-refractivity contribution in [1.29, 1.82) is 0 Å². The maximum absolute atomic E-state index is 12.8. The summed E-state index contributed by atoms with van der Waals surface area (Å²) in [5.41, 5.74) is -3.26. The van der Waals surface area contributed by atoms with Crippen LogP contribution in [0.25, 0.3) is 11.4 Å². The number of nitrogens with zero attached hydrogens (tertiary/aromatic N) is 3. The van der Waals surface area contributed by atoms with Crippen molar-refractivity contribution in [3.63, 3.8) is 0 Å². The van der Waals surface area contributed by atoms with Crippen LogP contribution in [0, 0.1) is 0 Å². The standard InChI is InChI=1S/C16H9F6N3O2/c17-15(18,19)10-5-3-9(4-6-10)13-23-12(27-24-13)8-25-7-1-2-11(14(25)26)16(20,21)22/h1-7H,8H2. The normalized spacial score (nSPS) is 12.4. The Morgan fingerprint density at radius 3 is 2.22 bits per heavy atom. The van der Waals surface area contributed by atoms with E-state index in [9.17, 15) is 31.1 Å². The molecule has 0 N–H and O–H groups in total. The lowest BCUT2D eigenvalue weighted by molar-refractivity contribution is -0.139. The number of benzene rings is 1. The maximum atomic E-state index is 12.8. The number of hydrogen-bond acceptors (Lipinski definition) is 4. The lowest BCUT2D eigenvalue weighted by Gasteiger charge is -2.08. The van der Waals surface area contributed by atoms with Gasteiger partial charge in [0.25, 0.3) is 5.56 Å².